The maximum Gasteiger partial charge on any atom is 0.320 e. The van der Waals surface area contributed by atoms with Gasteiger partial charge in [-0.15, -0.1) is 0 Å². The summed E-state index contributed by atoms with van der Waals surface area (Å²) < 4.78 is 5.12. The molecule has 4 rings (SSSR count). The maximum atomic E-state index is 12.5. The lowest BCUT2D eigenvalue weighted by molar-refractivity contribution is -0.159. The van der Waals surface area contributed by atoms with Crippen molar-refractivity contribution in [3.05, 3.63) is 72.6 Å². The molecule has 8 nitrogen and oxygen atoms in total. The predicted octanol–water partition coefficient (Wildman–Crippen LogP) is 3.94. The Labute approximate surface area is 199 Å². The zero-order valence-corrected chi connectivity index (χ0v) is 19.6. The van der Waals surface area contributed by atoms with Crippen molar-refractivity contribution >= 4 is 34.3 Å². The smallest absolute Gasteiger partial charge is 0.320 e. The topological polar surface area (TPSA) is 96.5 Å². The molecule has 1 aromatic heterocycles. The third kappa shape index (κ3) is 5.58. The molecule has 1 fully saturated rings. The molecule has 1 aliphatic rings. The molecule has 1 aliphatic heterocycles. The maximum absolute atomic E-state index is 12.5. The monoisotopic (exact) mass is 459 g/mol. The van der Waals surface area contributed by atoms with Gasteiger partial charge in [0.25, 0.3) is 0 Å². The Balaban J connectivity index is 1.44. The summed E-state index contributed by atoms with van der Waals surface area (Å²) >= 11 is 0. The fourth-order valence-corrected chi connectivity index (χ4v) is 3.83. The van der Waals surface area contributed by atoms with E-state index >= 15 is 0 Å². The fourth-order valence-electron chi connectivity index (χ4n) is 3.83. The number of amides is 1. The van der Waals surface area contributed by atoms with Crippen LogP contribution in [0.25, 0.3) is 10.9 Å². The van der Waals surface area contributed by atoms with Crippen LogP contribution in [0.1, 0.15) is 32.4 Å². The molecule has 0 radical (unpaired) electrons. The number of hydrogen-bond acceptors (Lipinski definition) is 7. The van der Waals surface area contributed by atoms with Crippen LogP contribution < -0.4 is 10.6 Å². The third-order valence-electron chi connectivity index (χ3n) is 5.91. The zero-order valence-electron chi connectivity index (χ0n) is 19.6. The number of esters is 1. The molecule has 176 valence electrons. The number of carbonyl (C=O) groups is 2. The summed E-state index contributed by atoms with van der Waals surface area (Å²) in [5.41, 5.74) is 2.31. The van der Waals surface area contributed by atoms with Crippen LogP contribution in [0.2, 0.25) is 0 Å². The normalized spacial score (nSPS) is 16.9. The summed E-state index contributed by atoms with van der Waals surface area (Å²) in [5, 5.41) is 7.16. The number of cyclic esters (lactones) is 1. The zero-order chi connectivity index (χ0) is 24.1. The molecule has 0 aliphatic carbocycles. The summed E-state index contributed by atoms with van der Waals surface area (Å²) in [6, 6.07) is 15.7. The van der Waals surface area contributed by atoms with Gasteiger partial charge in [0.05, 0.1) is 17.6 Å². The van der Waals surface area contributed by atoms with Crippen LogP contribution in [-0.4, -0.2) is 52.0 Å². The number of benzene rings is 2. The highest BCUT2D eigenvalue weighted by Gasteiger charge is 2.33. The number of fused-ring (bicyclic) bond motifs is 1. The van der Waals surface area contributed by atoms with Crippen molar-refractivity contribution in [2.24, 2.45) is 0 Å². The highest BCUT2D eigenvalue weighted by Crippen LogP contribution is 2.26. The molecule has 2 heterocycles. The van der Waals surface area contributed by atoms with E-state index in [-0.39, 0.29) is 30.0 Å². The molecule has 0 spiro atoms. The standard InChI is InChI=1S/C26H29N5O3/c1-18(19-8-5-4-6-9-19)29-25-21-14-20(11-12-22(21)27-17-28-25)30-23(32)10-7-13-31-15-24(33)34-16-26(31,2)3/h4-12,14,17-18H,13,15-16H2,1-3H3,(H,30,32)(H,27,28,29). The number of hydrogen-bond donors (Lipinski definition) is 2. The minimum absolute atomic E-state index is 0.0526. The Hall–Kier alpha value is -3.78. The summed E-state index contributed by atoms with van der Waals surface area (Å²) in [6.07, 6.45) is 4.77. The molecule has 2 aromatic carbocycles. The number of carbonyl (C=O) groups excluding carboxylic acids is 2. The Morgan fingerprint density at radius 3 is 2.79 bits per heavy atom. The molecule has 8 heteroatoms. The van der Waals surface area contributed by atoms with Gasteiger partial charge in [-0.3, -0.25) is 14.5 Å². The molecule has 1 saturated heterocycles. The highest BCUT2D eigenvalue weighted by atomic mass is 16.5. The number of ether oxygens (including phenoxy) is 1. The van der Waals surface area contributed by atoms with E-state index in [2.05, 4.69) is 39.7 Å². The van der Waals surface area contributed by atoms with Gasteiger partial charge in [0, 0.05) is 29.7 Å². The summed E-state index contributed by atoms with van der Waals surface area (Å²) in [5.74, 6) is 0.203. The van der Waals surface area contributed by atoms with Crippen LogP contribution in [0, 0.1) is 0 Å². The van der Waals surface area contributed by atoms with Crippen molar-refractivity contribution in [3.63, 3.8) is 0 Å². The van der Waals surface area contributed by atoms with E-state index < -0.39 is 0 Å². The number of anilines is 2. The SMILES string of the molecule is CC(Nc1ncnc2ccc(NC(=O)C=CCN3CC(=O)OCC3(C)C)cc12)c1ccccc1. The Morgan fingerprint density at radius 2 is 2.00 bits per heavy atom. The summed E-state index contributed by atoms with van der Waals surface area (Å²) in [6.45, 7) is 7.12. The number of aromatic nitrogens is 2. The average Bonchev–Trinajstić information content (AvgIpc) is 2.82. The first-order chi connectivity index (χ1) is 16.3. The van der Waals surface area contributed by atoms with E-state index in [1.54, 1.807) is 6.08 Å². The molecular weight excluding hydrogens is 430 g/mol. The molecule has 34 heavy (non-hydrogen) atoms. The van der Waals surface area contributed by atoms with Gasteiger partial charge in [0.1, 0.15) is 18.8 Å². The molecule has 0 bridgehead atoms. The Morgan fingerprint density at radius 1 is 1.21 bits per heavy atom. The second-order valence-corrected chi connectivity index (χ2v) is 8.98. The number of morpholine rings is 1. The van der Waals surface area contributed by atoms with Gasteiger partial charge in [0.2, 0.25) is 5.91 Å². The van der Waals surface area contributed by atoms with E-state index in [1.807, 2.05) is 55.1 Å². The molecule has 2 N–H and O–H groups in total. The first kappa shape index (κ1) is 23.4. The second-order valence-electron chi connectivity index (χ2n) is 8.98. The molecule has 1 amide bonds. The van der Waals surface area contributed by atoms with Gasteiger partial charge in [0.15, 0.2) is 0 Å². The van der Waals surface area contributed by atoms with Crippen LogP contribution in [0.5, 0.6) is 0 Å². The quantitative estimate of drug-likeness (QED) is 0.408. The lowest BCUT2D eigenvalue weighted by Gasteiger charge is -2.40. The van der Waals surface area contributed by atoms with E-state index in [9.17, 15) is 9.59 Å². The molecule has 3 aromatic rings. The van der Waals surface area contributed by atoms with Gasteiger partial charge in [-0.2, -0.15) is 0 Å². The van der Waals surface area contributed by atoms with Crippen molar-refractivity contribution in [1.29, 1.82) is 0 Å². The van der Waals surface area contributed by atoms with Crippen molar-refractivity contribution < 1.29 is 14.3 Å². The van der Waals surface area contributed by atoms with Crippen LogP contribution >= 0.6 is 0 Å². The van der Waals surface area contributed by atoms with Crippen molar-refractivity contribution in [2.45, 2.75) is 32.4 Å². The van der Waals surface area contributed by atoms with Gasteiger partial charge in [-0.25, -0.2) is 9.97 Å². The largest absolute Gasteiger partial charge is 0.463 e. The Bertz CT molecular complexity index is 1210. The van der Waals surface area contributed by atoms with Crippen LogP contribution in [0.15, 0.2) is 67.0 Å². The van der Waals surface area contributed by atoms with Crippen molar-refractivity contribution in [3.8, 4) is 0 Å². The van der Waals surface area contributed by atoms with Gasteiger partial charge < -0.3 is 15.4 Å². The van der Waals surface area contributed by atoms with E-state index in [0.29, 0.717) is 24.7 Å². The minimum Gasteiger partial charge on any atom is -0.463 e. The highest BCUT2D eigenvalue weighted by molar-refractivity contribution is 6.01. The summed E-state index contributed by atoms with van der Waals surface area (Å²) in [7, 11) is 0. The van der Waals surface area contributed by atoms with Crippen LogP contribution in [0.3, 0.4) is 0 Å². The van der Waals surface area contributed by atoms with Crippen LogP contribution in [-0.2, 0) is 14.3 Å². The van der Waals surface area contributed by atoms with Gasteiger partial charge >= 0.3 is 5.97 Å². The van der Waals surface area contributed by atoms with Crippen LogP contribution in [0.4, 0.5) is 11.5 Å². The predicted molar refractivity (Wildman–Crippen MR) is 132 cm³/mol. The lowest BCUT2D eigenvalue weighted by Crippen LogP contribution is -2.54. The third-order valence-corrected chi connectivity index (χ3v) is 5.91. The van der Waals surface area contributed by atoms with E-state index in [1.165, 1.54) is 12.4 Å². The average molecular weight is 460 g/mol. The number of nitrogens with one attached hydrogen (secondary N) is 2. The lowest BCUT2D eigenvalue weighted by atomic mass is 10.0. The van der Waals surface area contributed by atoms with Crippen molar-refractivity contribution in [2.75, 3.05) is 30.3 Å². The summed E-state index contributed by atoms with van der Waals surface area (Å²) in [4.78, 5) is 34.9. The van der Waals surface area contributed by atoms with E-state index in [4.69, 9.17) is 4.74 Å². The molecule has 1 atom stereocenters. The first-order valence-electron chi connectivity index (χ1n) is 11.3. The van der Waals surface area contributed by atoms with Crippen molar-refractivity contribution in [1.82, 2.24) is 14.9 Å². The van der Waals surface area contributed by atoms with Gasteiger partial charge in [-0.05, 0) is 44.5 Å². The minimum atomic E-state index is -0.270. The number of rotatable bonds is 7. The number of nitrogens with zero attached hydrogens (tertiary/aromatic N) is 3. The molecular formula is C26H29N5O3. The Kier molecular flexibility index (Phi) is 6.88. The van der Waals surface area contributed by atoms with E-state index in [0.717, 1.165) is 16.5 Å². The van der Waals surface area contributed by atoms with Gasteiger partial charge in [-0.1, -0.05) is 36.4 Å². The molecule has 1 unspecified atom stereocenters. The first-order valence-corrected chi connectivity index (χ1v) is 11.3. The second kappa shape index (κ2) is 10.0. The fraction of sp³-hybridized carbons (Fsp3) is 0.308. The molecule has 0 saturated carbocycles.